The zero-order valence-electron chi connectivity index (χ0n) is 14.8. The van der Waals surface area contributed by atoms with Crippen molar-refractivity contribution in [3.05, 3.63) is 64.5 Å². The number of aryl methyl sites for hydroxylation is 1. The number of carbonyl (C=O) groups excluding carboxylic acids is 1. The van der Waals surface area contributed by atoms with E-state index in [1.54, 1.807) is 24.0 Å². The van der Waals surface area contributed by atoms with Crippen molar-refractivity contribution in [1.29, 1.82) is 0 Å². The topological polar surface area (TPSA) is 71.0 Å². The number of rotatable bonds is 3. The molecule has 2 aromatic heterocycles. The van der Waals surface area contributed by atoms with Gasteiger partial charge in [0.1, 0.15) is 0 Å². The van der Waals surface area contributed by atoms with E-state index in [4.69, 9.17) is 0 Å². The molecule has 26 heavy (non-hydrogen) atoms. The number of amides is 1. The van der Waals surface area contributed by atoms with Gasteiger partial charge in [-0.25, -0.2) is 4.98 Å². The molecule has 1 amide bonds. The van der Waals surface area contributed by atoms with Crippen molar-refractivity contribution in [3.63, 3.8) is 0 Å². The second kappa shape index (κ2) is 6.78. The Labute approximate surface area is 151 Å². The van der Waals surface area contributed by atoms with Gasteiger partial charge in [0.05, 0.1) is 6.33 Å². The summed E-state index contributed by atoms with van der Waals surface area (Å²) in [6.45, 7) is 3.91. The van der Waals surface area contributed by atoms with Crippen LogP contribution in [0.2, 0.25) is 0 Å². The summed E-state index contributed by atoms with van der Waals surface area (Å²) in [6.07, 6.45) is 6.89. The summed E-state index contributed by atoms with van der Waals surface area (Å²) in [5, 5.41) is 1.05. The number of likely N-dealkylation sites (tertiary alicyclic amines) is 1. The molecular weight excluding hydrogens is 328 g/mol. The number of carbonyl (C=O) groups is 1. The van der Waals surface area contributed by atoms with Crippen molar-refractivity contribution in [2.75, 3.05) is 13.1 Å². The largest absolute Gasteiger partial charge is 0.361 e. The van der Waals surface area contributed by atoms with Crippen LogP contribution in [0.5, 0.6) is 0 Å². The molecule has 1 aliphatic heterocycles. The van der Waals surface area contributed by atoms with Crippen LogP contribution in [0.3, 0.4) is 0 Å². The molecule has 1 fully saturated rings. The van der Waals surface area contributed by atoms with Crippen molar-refractivity contribution in [2.45, 2.75) is 26.3 Å². The van der Waals surface area contributed by atoms with Gasteiger partial charge in [-0.2, -0.15) is 0 Å². The first kappa shape index (κ1) is 16.6. The van der Waals surface area contributed by atoms with Crippen molar-refractivity contribution in [3.8, 4) is 0 Å². The molecule has 0 bridgehead atoms. The third kappa shape index (κ3) is 3.14. The third-order valence-corrected chi connectivity index (χ3v) is 5.23. The Morgan fingerprint density at radius 1 is 1.27 bits per heavy atom. The highest BCUT2D eigenvalue weighted by atomic mass is 16.2. The van der Waals surface area contributed by atoms with Crippen molar-refractivity contribution in [2.24, 2.45) is 5.92 Å². The van der Waals surface area contributed by atoms with Crippen LogP contribution in [0.1, 0.15) is 28.8 Å². The van der Waals surface area contributed by atoms with Crippen LogP contribution in [-0.4, -0.2) is 38.4 Å². The van der Waals surface area contributed by atoms with E-state index in [2.05, 4.69) is 9.97 Å². The van der Waals surface area contributed by atoms with Gasteiger partial charge >= 0.3 is 0 Å². The molecule has 0 spiro atoms. The summed E-state index contributed by atoms with van der Waals surface area (Å²) < 4.78 is 1.69. The number of aromatic nitrogens is 3. The lowest BCUT2D eigenvalue weighted by Crippen LogP contribution is -2.40. The highest BCUT2D eigenvalue weighted by Crippen LogP contribution is 2.22. The lowest BCUT2D eigenvalue weighted by atomic mass is 9.96. The van der Waals surface area contributed by atoms with Crippen LogP contribution >= 0.6 is 0 Å². The predicted molar refractivity (Wildman–Crippen MR) is 100 cm³/mol. The van der Waals surface area contributed by atoms with E-state index >= 15 is 0 Å². The molecule has 1 N–H and O–H groups in total. The van der Waals surface area contributed by atoms with E-state index in [1.165, 1.54) is 0 Å². The number of nitrogens with one attached hydrogen (secondary N) is 1. The average molecular weight is 350 g/mol. The molecule has 0 aliphatic carbocycles. The smallest absolute Gasteiger partial charge is 0.256 e. The van der Waals surface area contributed by atoms with Gasteiger partial charge in [0.25, 0.3) is 11.5 Å². The molecule has 3 heterocycles. The summed E-state index contributed by atoms with van der Waals surface area (Å²) in [6, 6.07) is 7.75. The first-order valence-electron chi connectivity index (χ1n) is 8.99. The van der Waals surface area contributed by atoms with E-state index in [9.17, 15) is 9.59 Å². The van der Waals surface area contributed by atoms with Gasteiger partial charge in [0, 0.05) is 54.1 Å². The normalized spacial score (nSPS) is 15.5. The van der Waals surface area contributed by atoms with E-state index in [-0.39, 0.29) is 11.5 Å². The average Bonchev–Trinajstić information content (AvgIpc) is 3.13. The Balaban J connectivity index is 1.40. The lowest BCUT2D eigenvalue weighted by Gasteiger charge is -2.32. The van der Waals surface area contributed by atoms with Gasteiger partial charge in [0.2, 0.25) is 0 Å². The van der Waals surface area contributed by atoms with Crippen LogP contribution in [0.25, 0.3) is 10.9 Å². The maximum absolute atomic E-state index is 12.8. The number of piperidine rings is 1. The van der Waals surface area contributed by atoms with Gasteiger partial charge in [-0.05, 0) is 49.9 Å². The minimum atomic E-state index is 0.0262. The van der Waals surface area contributed by atoms with Crippen LogP contribution in [0.4, 0.5) is 0 Å². The van der Waals surface area contributed by atoms with Gasteiger partial charge in [-0.3, -0.25) is 14.2 Å². The molecule has 0 radical (unpaired) electrons. The number of H-pyrrole nitrogens is 1. The summed E-state index contributed by atoms with van der Waals surface area (Å²) in [4.78, 5) is 34.1. The maximum atomic E-state index is 12.8. The Hall–Kier alpha value is -2.89. The summed E-state index contributed by atoms with van der Waals surface area (Å²) in [5.74, 6) is 0.480. The summed E-state index contributed by atoms with van der Waals surface area (Å²) in [7, 11) is 0. The quantitative estimate of drug-likeness (QED) is 0.789. The molecule has 3 aromatic rings. The Morgan fingerprint density at radius 2 is 2.08 bits per heavy atom. The molecule has 6 heteroatoms. The fraction of sp³-hybridized carbons (Fsp3) is 0.350. The molecule has 1 aromatic carbocycles. The number of hydrogen-bond acceptors (Lipinski definition) is 3. The fourth-order valence-corrected chi connectivity index (χ4v) is 3.66. The molecule has 134 valence electrons. The zero-order valence-corrected chi connectivity index (χ0v) is 14.8. The lowest BCUT2D eigenvalue weighted by molar-refractivity contribution is 0.0682. The predicted octanol–water partition coefficient (Wildman–Crippen LogP) is 2.59. The van der Waals surface area contributed by atoms with Crippen molar-refractivity contribution < 1.29 is 4.79 Å². The van der Waals surface area contributed by atoms with Crippen LogP contribution in [0.15, 0.2) is 47.8 Å². The first-order valence-corrected chi connectivity index (χ1v) is 8.99. The summed E-state index contributed by atoms with van der Waals surface area (Å²) >= 11 is 0. The SMILES string of the molecule is Cc1cncn(CC2CCN(C(=O)c3ccc4[nH]ccc4c3)CC2)c1=O. The standard InChI is InChI=1S/C20H22N4O2/c1-14-11-21-13-24(19(14)25)12-15-5-8-23(9-6-15)20(26)17-2-3-18-16(10-17)4-7-22-18/h2-4,7,10-11,13,15,22H,5-6,8-9,12H2,1H3. The highest BCUT2D eigenvalue weighted by molar-refractivity contribution is 5.98. The van der Waals surface area contributed by atoms with E-state index < -0.39 is 0 Å². The molecule has 1 aliphatic rings. The van der Waals surface area contributed by atoms with Gasteiger partial charge in [-0.15, -0.1) is 0 Å². The van der Waals surface area contributed by atoms with Gasteiger partial charge < -0.3 is 9.88 Å². The highest BCUT2D eigenvalue weighted by Gasteiger charge is 2.24. The Morgan fingerprint density at radius 3 is 2.88 bits per heavy atom. The van der Waals surface area contributed by atoms with Crippen LogP contribution < -0.4 is 5.56 Å². The third-order valence-electron chi connectivity index (χ3n) is 5.23. The van der Waals surface area contributed by atoms with Crippen molar-refractivity contribution >= 4 is 16.8 Å². The zero-order chi connectivity index (χ0) is 18.1. The van der Waals surface area contributed by atoms with E-state index in [1.807, 2.05) is 35.4 Å². The number of fused-ring (bicyclic) bond motifs is 1. The minimum absolute atomic E-state index is 0.0262. The number of nitrogens with zero attached hydrogens (tertiary/aromatic N) is 3. The molecule has 0 atom stereocenters. The second-order valence-corrected chi connectivity index (χ2v) is 7.05. The molecule has 0 unspecified atom stereocenters. The minimum Gasteiger partial charge on any atom is -0.361 e. The van der Waals surface area contributed by atoms with Gasteiger partial charge in [0.15, 0.2) is 0 Å². The van der Waals surface area contributed by atoms with Crippen LogP contribution in [0, 0.1) is 12.8 Å². The number of aromatic amines is 1. The van der Waals surface area contributed by atoms with E-state index in [0.29, 0.717) is 18.0 Å². The molecular formula is C20H22N4O2. The van der Waals surface area contributed by atoms with E-state index in [0.717, 1.165) is 42.4 Å². The fourth-order valence-electron chi connectivity index (χ4n) is 3.66. The first-order chi connectivity index (χ1) is 12.6. The number of benzene rings is 1. The maximum Gasteiger partial charge on any atom is 0.256 e. The monoisotopic (exact) mass is 350 g/mol. The van der Waals surface area contributed by atoms with Crippen molar-refractivity contribution in [1.82, 2.24) is 19.4 Å². The summed E-state index contributed by atoms with van der Waals surface area (Å²) in [5.41, 5.74) is 2.46. The molecule has 4 rings (SSSR count). The number of hydrogen-bond donors (Lipinski definition) is 1. The van der Waals surface area contributed by atoms with Gasteiger partial charge in [-0.1, -0.05) is 0 Å². The Bertz CT molecular complexity index is 996. The molecule has 1 saturated heterocycles. The second-order valence-electron chi connectivity index (χ2n) is 7.05. The molecule has 6 nitrogen and oxygen atoms in total. The Kier molecular flexibility index (Phi) is 4.32. The van der Waals surface area contributed by atoms with Crippen LogP contribution in [-0.2, 0) is 6.54 Å². The molecule has 0 saturated carbocycles.